The Bertz CT molecular complexity index is 130. The Balaban J connectivity index is 2.30. The maximum Gasteiger partial charge on any atom is 0.109 e. The minimum Gasteiger partial charge on any atom is -0.316 e. The first-order chi connectivity index (χ1) is 5.75. The van der Waals surface area contributed by atoms with E-state index in [1.807, 2.05) is 23.0 Å². The van der Waals surface area contributed by atoms with Gasteiger partial charge in [0, 0.05) is 6.04 Å². The minimum absolute atomic E-state index is 0.802. The predicted octanol–water partition coefficient (Wildman–Crippen LogP) is 2.47. The van der Waals surface area contributed by atoms with Gasteiger partial charge in [0.2, 0.25) is 0 Å². The first-order valence-corrected chi connectivity index (χ1v) is 5.53. The third-order valence-electron chi connectivity index (χ3n) is 2.85. The molecule has 0 aromatic heterocycles. The van der Waals surface area contributed by atoms with Gasteiger partial charge in [-0.05, 0) is 39.3 Å². The van der Waals surface area contributed by atoms with Gasteiger partial charge in [-0.25, -0.2) is 0 Å². The summed E-state index contributed by atoms with van der Waals surface area (Å²) < 4.78 is 5.08. The van der Waals surface area contributed by atoms with Gasteiger partial charge in [-0.3, -0.25) is 0 Å². The second-order valence-electron chi connectivity index (χ2n) is 3.82. The Morgan fingerprint density at radius 3 is 2.75 bits per heavy atom. The molecule has 2 unspecified atom stereocenters. The first-order valence-electron chi connectivity index (χ1n) is 4.65. The van der Waals surface area contributed by atoms with Crippen molar-refractivity contribution in [3.05, 3.63) is 0 Å². The van der Waals surface area contributed by atoms with Gasteiger partial charge in [0.05, 0.1) is 6.61 Å². The molecule has 1 rings (SSSR count). The second-order valence-corrected chi connectivity index (χ2v) is 4.45. The van der Waals surface area contributed by atoms with Crippen LogP contribution in [0.3, 0.4) is 0 Å². The largest absolute Gasteiger partial charge is 0.316 e. The van der Waals surface area contributed by atoms with Crippen molar-refractivity contribution in [1.29, 1.82) is 0 Å². The van der Waals surface area contributed by atoms with Crippen LogP contribution in [0.25, 0.3) is 0 Å². The molecule has 0 N–H and O–H groups in total. The fraction of sp³-hybridized carbons (Fsp3) is 1.00. The van der Waals surface area contributed by atoms with Crippen LogP contribution < -0.4 is 0 Å². The second kappa shape index (κ2) is 5.40. The Labute approximate surface area is 89.3 Å². The Hall–Kier alpha value is 0.650. The molecule has 2 nitrogen and oxygen atoms in total. The van der Waals surface area contributed by atoms with E-state index in [1.54, 1.807) is 0 Å². The molecule has 0 radical (unpaired) electrons. The molecule has 0 aromatic rings. The Morgan fingerprint density at radius 1 is 1.42 bits per heavy atom. The normalized spacial score (nSPS) is 30.0. The van der Waals surface area contributed by atoms with Crippen LogP contribution in [0.15, 0.2) is 0 Å². The molecule has 0 bridgehead atoms. The molecule has 72 valence electrons. The number of halogens is 1. The molecule has 0 heterocycles. The lowest BCUT2D eigenvalue weighted by molar-refractivity contribution is 0.213. The molecule has 1 aliphatic carbocycles. The monoisotopic (exact) mass is 283 g/mol. The van der Waals surface area contributed by atoms with E-state index < -0.39 is 0 Å². The summed E-state index contributed by atoms with van der Waals surface area (Å²) >= 11 is 1.98. The lowest BCUT2D eigenvalue weighted by Gasteiger charge is -2.25. The summed E-state index contributed by atoms with van der Waals surface area (Å²) in [7, 11) is 4.38. The summed E-state index contributed by atoms with van der Waals surface area (Å²) in [6, 6.07) is 0.802. The number of hydrogen-bond acceptors (Lipinski definition) is 2. The fourth-order valence-electron chi connectivity index (χ4n) is 2.23. The van der Waals surface area contributed by atoms with E-state index in [4.69, 9.17) is 3.07 Å². The lowest BCUT2D eigenvalue weighted by atomic mass is 9.99. The van der Waals surface area contributed by atoms with Crippen LogP contribution in [0.1, 0.15) is 25.7 Å². The standard InChI is InChI=1S/C9H18INO/c1-11(2)9-5-3-4-8(9)6-7-12-10/h8-9H,3-7H2,1-2H3. The number of hydrogen-bond donors (Lipinski definition) is 0. The van der Waals surface area contributed by atoms with Crippen molar-refractivity contribution in [2.45, 2.75) is 31.7 Å². The minimum atomic E-state index is 0.802. The highest BCUT2D eigenvalue weighted by Crippen LogP contribution is 2.31. The Morgan fingerprint density at radius 2 is 2.17 bits per heavy atom. The fourth-order valence-corrected chi connectivity index (χ4v) is 2.48. The van der Waals surface area contributed by atoms with Crippen molar-refractivity contribution >= 4 is 23.0 Å². The first kappa shape index (κ1) is 10.7. The molecule has 12 heavy (non-hydrogen) atoms. The Kier molecular flexibility index (Phi) is 4.82. The molecule has 0 aromatic carbocycles. The van der Waals surface area contributed by atoms with Gasteiger partial charge in [-0.1, -0.05) is 6.42 Å². The van der Waals surface area contributed by atoms with Crippen LogP contribution in [-0.2, 0) is 3.07 Å². The van der Waals surface area contributed by atoms with E-state index in [1.165, 1.54) is 25.7 Å². The summed E-state index contributed by atoms with van der Waals surface area (Å²) in [5, 5.41) is 0. The van der Waals surface area contributed by atoms with Gasteiger partial charge >= 0.3 is 0 Å². The molecule has 2 atom stereocenters. The summed E-state index contributed by atoms with van der Waals surface area (Å²) in [5.74, 6) is 0.870. The summed E-state index contributed by atoms with van der Waals surface area (Å²) in [5.41, 5.74) is 0. The maximum atomic E-state index is 5.08. The average molecular weight is 283 g/mol. The lowest BCUT2D eigenvalue weighted by Crippen LogP contribution is -2.31. The molecule has 0 aliphatic heterocycles. The van der Waals surface area contributed by atoms with Crippen LogP contribution in [0.4, 0.5) is 0 Å². The van der Waals surface area contributed by atoms with Crippen molar-refractivity contribution in [2.75, 3.05) is 20.7 Å². The molecule has 0 spiro atoms. The molecule has 1 aliphatic rings. The number of rotatable bonds is 4. The molecular weight excluding hydrogens is 265 g/mol. The topological polar surface area (TPSA) is 12.5 Å². The van der Waals surface area contributed by atoms with Crippen LogP contribution >= 0.6 is 23.0 Å². The van der Waals surface area contributed by atoms with Crippen molar-refractivity contribution in [3.8, 4) is 0 Å². The van der Waals surface area contributed by atoms with Crippen LogP contribution in [0.5, 0.6) is 0 Å². The SMILES string of the molecule is CN(C)C1CCCC1CCOI. The molecule has 0 saturated heterocycles. The molecule has 1 saturated carbocycles. The van der Waals surface area contributed by atoms with E-state index in [9.17, 15) is 0 Å². The van der Waals surface area contributed by atoms with Crippen molar-refractivity contribution in [1.82, 2.24) is 4.90 Å². The third kappa shape index (κ3) is 2.85. The van der Waals surface area contributed by atoms with Gasteiger partial charge in [-0.15, -0.1) is 0 Å². The molecule has 1 fully saturated rings. The molecule has 3 heteroatoms. The van der Waals surface area contributed by atoms with Crippen LogP contribution in [0.2, 0.25) is 0 Å². The van der Waals surface area contributed by atoms with Gasteiger partial charge in [0.15, 0.2) is 0 Å². The van der Waals surface area contributed by atoms with Crippen LogP contribution in [0, 0.1) is 5.92 Å². The number of nitrogens with zero attached hydrogens (tertiary/aromatic N) is 1. The zero-order valence-electron chi connectivity index (χ0n) is 7.92. The summed E-state index contributed by atoms with van der Waals surface area (Å²) in [4.78, 5) is 2.37. The summed E-state index contributed by atoms with van der Waals surface area (Å²) in [6.45, 7) is 0.912. The molecule has 0 amide bonds. The van der Waals surface area contributed by atoms with Gasteiger partial charge in [-0.2, -0.15) is 0 Å². The van der Waals surface area contributed by atoms with Crippen molar-refractivity contribution in [2.24, 2.45) is 5.92 Å². The maximum absolute atomic E-state index is 5.08. The van der Waals surface area contributed by atoms with Gasteiger partial charge in [0.25, 0.3) is 0 Å². The highest BCUT2D eigenvalue weighted by molar-refractivity contribution is 14.1. The van der Waals surface area contributed by atoms with Gasteiger partial charge < -0.3 is 7.97 Å². The van der Waals surface area contributed by atoms with E-state index in [0.717, 1.165) is 18.6 Å². The predicted molar refractivity (Wildman–Crippen MR) is 59.4 cm³/mol. The van der Waals surface area contributed by atoms with Gasteiger partial charge in [0.1, 0.15) is 23.0 Å². The van der Waals surface area contributed by atoms with Crippen molar-refractivity contribution < 1.29 is 3.07 Å². The third-order valence-corrected chi connectivity index (χ3v) is 3.29. The summed E-state index contributed by atoms with van der Waals surface area (Å²) in [6.07, 6.45) is 5.39. The quantitative estimate of drug-likeness (QED) is 0.735. The highest BCUT2D eigenvalue weighted by Gasteiger charge is 2.27. The zero-order valence-corrected chi connectivity index (χ0v) is 10.1. The smallest absolute Gasteiger partial charge is 0.109 e. The average Bonchev–Trinajstić information content (AvgIpc) is 2.48. The van der Waals surface area contributed by atoms with Crippen molar-refractivity contribution in [3.63, 3.8) is 0 Å². The van der Waals surface area contributed by atoms with E-state index >= 15 is 0 Å². The van der Waals surface area contributed by atoms with E-state index in [0.29, 0.717) is 0 Å². The highest BCUT2D eigenvalue weighted by atomic mass is 127. The van der Waals surface area contributed by atoms with E-state index in [2.05, 4.69) is 19.0 Å². The molecular formula is C9H18INO. The van der Waals surface area contributed by atoms with E-state index in [-0.39, 0.29) is 0 Å². The zero-order chi connectivity index (χ0) is 8.97. The van der Waals surface area contributed by atoms with Crippen LogP contribution in [-0.4, -0.2) is 31.6 Å².